The number of nitrogens with zero attached hydrogens (tertiary/aromatic N) is 2. The molecule has 2 aromatic heterocycles. The Morgan fingerprint density at radius 1 is 1.19 bits per heavy atom. The summed E-state index contributed by atoms with van der Waals surface area (Å²) < 4.78 is 7.61. The van der Waals surface area contributed by atoms with Gasteiger partial charge in [-0.25, -0.2) is 9.55 Å². The van der Waals surface area contributed by atoms with E-state index < -0.39 is 10.8 Å². The molecule has 31 heavy (non-hydrogen) atoms. The number of carbonyl (C=O) groups excluding carboxylic acids is 1. The maximum absolute atomic E-state index is 13.0. The van der Waals surface area contributed by atoms with Crippen LogP contribution in [0.2, 0.25) is 0 Å². The second-order valence-corrected chi connectivity index (χ2v) is 10.5. The number of H-pyrrole nitrogens is 1. The first-order valence-corrected chi connectivity index (χ1v) is 11.6. The normalized spacial score (nSPS) is 17.7. The van der Waals surface area contributed by atoms with Gasteiger partial charge in [0.15, 0.2) is 11.3 Å². The van der Waals surface area contributed by atoms with Crippen molar-refractivity contribution in [2.24, 2.45) is 0 Å². The van der Waals surface area contributed by atoms with Crippen LogP contribution in [-0.4, -0.2) is 33.9 Å². The number of aromatic nitrogens is 3. The monoisotopic (exact) mass is 456 g/mol. The summed E-state index contributed by atoms with van der Waals surface area (Å²) >= 11 is 9.06. The first kappa shape index (κ1) is 22.2. The highest BCUT2D eigenvalue weighted by atomic mass is 32.1. The molecule has 1 atom stereocenters. The van der Waals surface area contributed by atoms with E-state index >= 15 is 0 Å². The highest BCUT2D eigenvalue weighted by Crippen LogP contribution is 2.47. The zero-order valence-corrected chi connectivity index (χ0v) is 20.7. The predicted octanol–water partition coefficient (Wildman–Crippen LogP) is 4.07. The van der Waals surface area contributed by atoms with Crippen LogP contribution in [0.15, 0.2) is 24.4 Å². The average Bonchev–Trinajstić information content (AvgIpc) is 3.20. The molecule has 3 aromatic rings. The first-order valence-electron chi connectivity index (χ1n) is 10.5. The summed E-state index contributed by atoms with van der Waals surface area (Å²) in [5.74, 6) is 2.49. The number of benzene rings is 1. The van der Waals surface area contributed by atoms with E-state index in [9.17, 15) is 4.79 Å². The Bertz CT molecular complexity index is 1140. The highest BCUT2D eigenvalue weighted by molar-refractivity contribution is 7.84. The van der Waals surface area contributed by atoms with Crippen molar-refractivity contribution in [3.05, 3.63) is 46.8 Å². The molecule has 7 heteroatoms. The van der Waals surface area contributed by atoms with Crippen LogP contribution in [0, 0.1) is 6.92 Å². The molecule has 0 fully saturated rings. The van der Waals surface area contributed by atoms with Gasteiger partial charge < -0.3 is 4.74 Å². The number of methoxy groups -OCH3 is 1. The molecule has 1 unspecified atom stereocenters. The maximum Gasteiger partial charge on any atom is 0.402 e. The lowest BCUT2D eigenvalue weighted by Gasteiger charge is -2.21. The minimum Gasteiger partial charge on any atom is -0.496 e. The fourth-order valence-corrected chi connectivity index (χ4v) is 5.16. The Morgan fingerprint density at radius 3 is 2.45 bits per heavy atom. The van der Waals surface area contributed by atoms with Crippen molar-refractivity contribution in [3.63, 3.8) is 0 Å². The zero-order chi connectivity index (χ0) is 22.7. The molecule has 5 nitrogen and oxygen atoms in total. The molecule has 0 saturated heterocycles. The van der Waals surface area contributed by atoms with Crippen LogP contribution in [-0.2, 0) is 22.0 Å². The van der Waals surface area contributed by atoms with Crippen molar-refractivity contribution >= 4 is 42.1 Å². The van der Waals surface area contributed by atoms with E-state index in [4.69, 9.17) is 9.72 Å². The molecule has 0 radical (unpaired) electrons. The molecule has 0 aliphatic heterocycles. The summed E-state index contributed by atoms with van der Waals surface area (Å²) in [5, 5.41) is 0.112. The number of nitrogens with one attached hydrogen (secondary N) is 1. The van der Waals surface area contributed by atoms with E-state index in [0.717, 1.165) is 51.5 Å². The molecule has 164 valence electrons. The molecular weight excluding hydrogens is 426 g/mol. The van der Waals surface area contributed by atoms with Crippen molar-refractivity contribution in [3.8, 4) is 11.7 Å². The average molecular weight is 457 g/mol. The second-order valence-electron chi connectivity index (χ2n) is 9.42. The van der Waals surface area contributed by atoms with E-state index in [2.05, 4.69) is 53.9 Å². The molecule has 0 amide bonds. The van der Waals surface area contributed by atoms with Crippen LogP contribution >= 0.6 is 25.3 Å². The number of fused-ring (bicyclic) bond motifs is 2. The minimum atomic E-state index is -0.521. The fraction of sp³-hybridized carbons (Fsp3) is 0.458. The molecule has 1 aliphatic carbocycles. The standard InChI is InChI=1S/C24H29N3O2S2/c1-13-19(9-14(31)12-30)27(8-7-20(13)29-6)22-25-17-10-15-16(11-18(17)26-22)24(4,5)21(28)23(15,2)3/h7-8,10-11,14H,9,12H2,1-6H3,(H2-,25,26,30,31)/p+1. The zero-order valence-electron chi connectivity index (χ0n) is 18.9. The van der Waals surface area contributed by atoms with Crippen molar-refractivity contribution in [1.82, 2.24) is 9.97 Å². The lowest BCUT2D eigenvalue weighted by Crippen LogP contribution is -2.39. The summed E-state index contributed by atoms with van der Waals surface area (Å²) in [6.07, 6.45) is 2.71. The predicted molar refractivity (Wildman–Crippen MR) is 130 cm³/mol. The Balaban J connectivity index is 1.90. The van der Waals surface area contributed by atoms with E-state index in [1.165, 1.54) is 0 Å². The van der Waals surface area contributed by atoms with Crippen LogP contribution < -0.4 is 9.30 Å². The van der Waals surface area contributed by atoms with E-state index in [0.29, 0.717) is 5.75 Å². The third-order valence-corrected chi connectivity index (χ3v) is 7.74. The number of rotatable bonds is 5. The van der Waals surface area contributed by atoms with Crippen LogP contribution in [0.25, 0.3) is 17.0 Å². The number of thiol groups is 2. The van der Waals surface area contributed by atoms with Gasteiger partial charge in [-0.1, -0.05) is 4.98 Å². The highest BCUT2D eigenvalue weighted by Gasteiger charge is 2.50. The SMILES string of the molecule is COc1cc[n+](-c2nc3cc4c(cc3[nH]2)C(C)(C)C(=O)C4(C)C)c(CC(S)CS)c1C. The fourth-order valence-electron chi connectivity index (χ4n) is 4.86. The lowest BCUT2D eigenvalue weighted by molar-refractivity contribution is -0.612. The molecule has 0 spiro atoms. The minimum absolute atomic E-state index is 0.112. The number of imidazole rings is 1. The molecular formula is C24H30N3O2S2+. The molecule has 1 N–H and O–H groups in total. The van der Waals surface area contributed by atoms with Gasteiger partial charge in [-0.3, -0.25) is 4.79 Å². The maximum atomic E-state index is 13.0. The Kier molecular flexibility index (Phi) is 5.41. The molecule has 2 heterocycles. The smallest absolute Gasteiger partial charge is 0.402 e. The molecule has 0 saturated carbocycles. The van der Waals surface area contributed by atoms with Gasteiger partial charge >= 0.3 is 5.95 Å². The van der Waals surface area contributed by atoms with Crippen molar-refractivity contribution < 1.29 is 14.1 Å². The number of ketones is 1. The Labute approximate surface area is 194 Å². The number of aromatic amines is 1. The number of carbonyl (C=O) groups is 1. The number of pyridine rings is 1. The molecule has 1 aliphatic rings. The summed E-state index contributed by atoms with van der Waals surface area (Å²) in [6.45, 7) is 10.1. The third kappa shape index (κ3) is 3.37. The molecule has 4 rings (SSSR count). The van der Waals surface area contributed by atoms with Gasteiger partial charge in [0.1, 0.15) is 11.3 Å². The topological polar surface area (TPSA) is 58.9 Å². The molecule has 0 bridgehead atoms. The van der Waals surface area contributed by atoms with Crippen molar-refractivity contribution in [1.29, 1.82) is 0 Å². The number of hydrogen-bond donors (Lipinski definition) is 3. The van der Waals surface area contributed by atoms with Gasteiger partial charge in [0, 0.05) is 39.9 Å². The summed E-state index contributed by atoms with van der Waals surface area (Å²) in [6, 6.07) is 6.12. The van der Waals surface area contributed by atoms with E-state index in [-0.39, 0.29) is 11.0 Å². The first-order chi connectivity index (χ1) is 14.5. The van der Waals surface area contributed by atoms with Gasteiger partial charge in [-0.2, -0.15) is 25.3 Å². The lowest BCUT2D eigenvalue weighted by atomic mass is 9.80. The second kappa shape index (κ2) is 7.55. The van der Waals surface area contributed by atoms with Crippen LogP contribution in [0.5, 0.6) is 5.75 Å². The third-order valence-electron chi connectivity index (χ3n) is 6.65. The quantitative estimate of drug-likeness (QED) is 0.401. The van der Waals surface area contributed by atoms with Gasteiger partial charge in [-0.15, -0.1) is 0 Å². The van der Waals surface area contributed by atoms with Crippen molar-refractivity contribution in [2.45, 2.75) is 57.1 Å². The van der Waals surface area contributed by atoms with Crippen LogP contribution in [0.4, 0.5) is 0 Å². The Hall–Kier alpha value is -1.99. The van der Waals surface area contributed by atoms with Gasteiger partial charge in [-0.05, 0) is 57.9 Å². The summed E-state index contributed by atoms with van der Waals surface area (Å²) in [4.78, 5) is 21.4. The van der Waals surface area contributed by atoms with Crippen LogP contribution in [0.3, 0.4) is 0 Å². The number of hydrogen-bond acceptors (Lipinski definition) is 5. The largest absolute Gasteiger partial charge is 0.496 e. The summed E-state index contributed by atoms with van der Waals surface area (Å²) in [5.41, 5.74) is 5.03. The van der Waals surface area contributed by atoms with Crippen molar-refractivity contribution in [2.75, 3.05) is 12.9 Å². The van der Waals surface area contributed by atoms with Gasteiger partial charge in [0.25, 0.3) is 0 Å². The van der Waals surface area contributed by atoms with E-state index in [1.807, 2.05) is 40.0 Å². The van der Waals surface area contributed by atoms with Crippen LogP contribution in [0.1, 0.15) is 50.1 Å². The van der Waals surface area contributed by atoms with E-state index in [1.54, 1.807) is 7.11 Å². The molecule has 1 aromatic carbocycles. The number of ether oxygens (including phenoxy) is 1. The summed E-state index contributed by atoms with van der Waals surface area (Å²) in [7, 11) is 1.68. The van der Waals surface area contributed by atoms with Gasteiger partial charge in [0.2, 0.25) is 0 Å². The van der Waals surface area contributed by atoms with Gasteiger partial charge in [0.05, 0.1) is 19.0 Å². The number of Topliss-reactive ketones (excluding diaryl/α,β-unsaturated/α-hetero) is 1. The Morgan fingerprint density at radius 2 is 1.84 bits per heavy atom.